The van der Waals surface area contributed by atoms with Gasteiger partial charge in [-0.3, -0.25) is 0 Å². The average molecular weight is 287 g/mol. The van der Waals surface area contributed by atoms with E-state index < -0.39 is 0 Å². The Hall–Kier alpha value is -2.43. The number of benzene rings is 1. The summed E-state index contributed by atoms with van der Waals surface area (Å²) in [4.78, 5) is 4.42. The standard InChI is InChI=1S/C16H21N3O2/c1-17-15-5-4-6-16(19-15)18-10-9-12-7-8-13(20-2)14(11-12)21-3/h4-8,11H,9-10H2,1-3H3,(H2,17,18,19). The summed E-state index contributed by atoms with van der Waals surface area (Å²) in [6.45, 7) is 0.801. The molecule has 112 valence electrons. The summed E-state index contributed by atoms with van der Waals surface area (Å²) in [5.41, 5.74) is 1.19. The molecule has 0 bridgehead atoms. The highest BCUT2D eigenvalue weighted by atomic mass is 16.5. The zero-order valence-corrected chi connectivity index (χ0v) is 12.6. The Morgan fingerprint density at radius 1 is 1.00 bits per heavy atom. The van der Waals surface area contributed by atoms with Crippen molar-refractivity contribution in [3.63, 3.8) is 0 Å². The number of aromatic nitrogens is 1. The molecule has 5 heteroatoms. The Bertz CT molecular complexity index is 587. The van der Waals surface area contributed by atoms with E-state index in [-0.39, 0.29) is 0 Å². The number of anilines is 2. The van der Waals surface area contributed by atoms with Gasteiger partial charge in [-0.05, 0) is 36.2 Å². The molecular weight excluding hydrogens is 266 g/mol. The van der Waals surface area contributed by atoms with Gasteiger partial charge in [0.25, 0.3) is 0 Å². The van der Waals surface area contributed by atoms with Crippen molar-refractivity contribution in [2.75, 3.05) is 38.4 Å². The summed E-state index contributed by atoms with van der Waals surface area (Å²) < 4.78 is 10.5. The largest absolute Gasteiger partial charge is 0.493 e. The molecule has 21 heavy (non-hydrogen) atoms. The van der Waals surface area contributed by atoms with E-state index in [1.54, 1.807) is 14.2 Å². The molecule has 1 heterocycles. The molecule has 1 aromatic carbocycles. The van der Waals surface area contributed by atoms with E-state index in [0.717, 1.165) is 36.1 Å². The van der Waals surface area contributed by atoms with Crippen LogP contribution in [0.3, 0.4) is 0 Å². The number of rotatable bonds is 7. The van der Waals surface area contributed by atoms with Gasteiger partial charge >= 0.3 is 0 Å². The van der Waals surface area contributed by atoms with Crippen molar-refractivity contribution in [1.29, 1.82) is 0 Å². The highest BCUT2D eigenvalue weighted by Crippen LogP contribution is 2.27. The van der Waals surface area contributed by atoms with Gasteiger partial charge in [0.05, 0.1) is 14.2 Å². The molecule has 0 saturated carbocycles. The fourth-order valence-corrected chi connectivity index (χ4v) is 2.04. The molecule has 0 radical (unpaired) electrons. The predicted octanol–water partition coefficient (Wildman–Crippen LogP) is 2.80. The molecule has 0 unspecified atom stereocenters. The summed E-state index contributed by atoms with van der Waals surface area (Å²) in [6.07, 6.45) is 0.881. The maximum Gasteiger partial charge on any atom is 0.160 e. The number of nitrogens with one attached hydrogen (secondary N) is 2. The van der Waals surface area contributed by atoms with Gasteiger partial charge in [-0.25, -0.2) is 4.98 Å². The number of ether oxygens (including phenoxy) is 2. The number of hydrogen-bond donors (Lipinski definition) is 2. The van der Waals surface area contributed by atoms with Crippen LogP contribution in [0.15, 0.2) is 36.4 Å². The van der Waals surface area contributed by atoms with Gasteiger partial charge in [0.1, 0.15) is 11.6 Å². The Labute approximate surface area is 125 Å². The van der Waals surface area contributed by atoms with Crippen molar-refractivity contribution in [3.8, 4) is 11.5 Å². The second kappa shape index (κ2) is 7.38. The van der Waals surface area contributed by atoms with Crippen LogP contribution in [0.25, 0.3) is 0 Å². The van der Waals surface area contributed by atoms with Crippen molar-refractivity contribution >= 4 is 11.6 Å². The minimum atomic E-state index is 0.748. The van der Waals surface area contributed by atoms with Crippen LogP contribution in [-0.4, -0.2) is 32.8 Å². The zero-order chi connectivity index (χ0) is 15.1. The molecule has 0 atom stereocenters. The fraction of sp³-hybridized carbons (Fsp3) is 0.312. The van der Waals surface area contributed by atoms with E-state index in [0.29, 0.717) is 0 Å². The molecule has 0 spiro atoms. The van der Waals surface area contributed by atoms with E-state index in [1.807, 2.05) is 43.4 Å². The van der Waals surface area contributed by atoms with Crippen LogP contribution in [0.5, 0.6) is 11.5 Å². The first-order chi connectivity index (χ1) is 10.3. The van der Waals surface area contributed by atoms with Gasteiger partial charge in [0.2, 0.25) is 0 Å². The molecule has 5 nitrogen and oxygen atoms in total. The lowest BCUT2D eigenvalue weighted by molar-refractivity contribution is 0.354. The summed E-state index contributed by atoms with van der Waals surface area (Å²) in [5, 5.41) is 6.33. The minimum Gasteiger partial charge on any atom is -0.493 e. The van der Waals surface area contributed by atoms with Crippen LogP contribution in [-0.2, 0) is 6.42 Å². The van der Waals surface area contributed by atoms with Crippen LogP contribution in [0.4, 0.5) is 11.6 Å². The molecule has 2 rings (SSSR count). The normalized spacial score (nSPS) is 10.0. The number of pyridine rings is 1. The molecule has 2 aromatic rings. The van der Waals surface area contributed by atoms with E-state index in [1.165, 1.54) is 5.56 Å². The summed E-state index contributed by atoms with van der Waals surface area (Å²) in [6, 6.07) is 11.8. The van der Waals surface area contributed by atoms with Gasteiger partial charge in [0, 0.05) is 13.6 Å². The molecule has 0 aliphatic rings. The molecule has 0 amide bonds. The molecule has 1 aromatic heterocycles. The Morgan fingerprint density at radius 3 is 2.48 bits per heavy atom. The fourth-order valence-electron chi connectivity index (χ4n) is 2.04. The van der Waals surface area contributed by atoms with Crippen LogP contribution >= 0.6 is 0 Å². The van der Waals surface area contributed by atoms with Gasteiger partial charge in [0.15, 0.2) is 11.5 Å². The first kappa shape index (κ1) is 15.0. The highest BCUT2D eigenvalue weighted by Gasteiger charge is 2.04. The van der Waals surface area contributed by atoms with Crippen molar-refractivity contribution in [3.05, 3.63) is 42.0 Å². The third-order valence-electron chi connectivity index (χ3n) is 3.17. The monoisotopic (exact) mass is 287 g/mol. The Balaban J connectivity index is 1.93. The van der Waals surface area contributed by atoms with Crippen molar-refractivity contribution < 1.29 is 9.47 Å². The maximum atomic E-state index is 5.31. The zero-order valence-electron chi connectivity index (χ0n) is 12.6. The second-order valence-electron chi connectivity index (χ2n) is 4.52. The molecule has 0 aliphatic carbocycles. The van der Waals surface area contributed by atoms with E-state index in [9.17, 15) is 0 Å². The first-order valence-corrected chi connectivity index (χ1v) is 6.86. The smallest absolute Gasteiger partial charge is 0.160 e. The van der Waals surface area contributed by atoms with Gasteiger partial charge in [-0.1, -0.05) is 12.1 Å². The van der Waals surface area contributed by atoms with E-state index >= 15 is 0 Å². The number of methoxy groups -OCH3 is 2. The number of nitrogens with zero attached hydrogens (tertiary/aromatic N) is 1. The molecular formula is C16H21N3O2. The van der Waals surface area contributed by atoms with Gasteiger partial charge < -0.3 is 20.1 Å². The van der Waals surface area contributed by atoms with E-state index in [2.05, 4.69) is 15.6 Å². The second-order valence-corrected chi connectivity index (χ2v) is 4.52. The van der Waals surface area contributed by atoms with Crippen LogP contribution in [0.2, 0.25) is 0 Å². The lowest BCUT2D eigenvalue weighted by atomic mass is 10.1. The van der Waals surface area contributed by atoms with Crippen LogP contribution in [0.1, 0.15) is 5.56 Å². The van der Waals surface area contributed by atoms with E-state index in [4.69, 9.17) is 9.47 Å². The lowest BCUT2D eigenvalue weighted by Crippen LogP contribution is -2.07. The third-order valence-corrected chi connectivity index (χ3v) is 3.17. The van der Waals surface area contributed by atoms with Crippen LogP contribution < -0.4 is 20.1 Å². The van der Waals surface area contributed by atoms with Gasteiger partial charge in [-0.2, -0.15) is 0 Å². The lowest BCUT2D eigenvalue weighted by Gasteiger charge is -2.10. The molecule has 0 aliphatic heterocycles. The SMILES string of the molecule is CNc1cccc(NCCc2ccc(OC)c(OC)c2)n1. The van der Waals surface area contributed by atoms with Crippen molar-refractivity contribution in [2.45, 2.75) is 6.42 Å². The molecule has 2 N–H and O–H groups in total. The Morgan fingerprint density at radius 2 is 1.76 bits per heavy atom. The molecule has 0 saturated heterocycles. The summed E-state index contributed by atoms with van der Waals surface area (Å²) in [5.74, 6) is 3.22. The summed E-state index contributed by atoms with van der Waals surface area (Å²) >= 11 is 0. The van der Waals surface area contributed by atoms with Crippen molar-refractivity contribution in [2.24, 2.45) is 0 Å². The predicted molar refractivity (Wildman–Crippen MR) is 85.5 cm³/mol. The first-order valence-electron chi connectivity index (χ1n) is 6.86. The molecule has 0 fully saturated rings. The minimum absolute atomic E-state index is 0.748. The highest BCUT2D eigenvalue weighted by molar-refractivity contribution is 5.45. The average Bonchev–Trinajstić information content (AvgIpc) is 2.55. The Kier molecular flexibility index (Phi) is 5.26. The van der Waals surface area contributed by atoms with Gasteiger partial charge in [-0.15, -0.1) is 0 Å². The number of hydrogen-bond acceptors (Lipinski definition) is 5. The maximum absolute atomic E-state index is 5.31. The van der Waals surface area contributed by atoms with Crippen LogP contribution in [0, 0.1) is 0 Å². The topological polar surface area (TPSA) is 55.4 Å². The summed E-state index contributed by atoms with van der Waals surface area (Å²) in [7, 11) is 5.14. The van der Waals surface area contributed by atoms with Crippen molar-refractivity contribution in [1.82, 2.24) is 4.98 Å². The quantitative estimate of drug-likeness (QED) is 0.820. The third kappa shape index (κ3) is 4.02.